The molecule has 0 radical (unpaired) electrons. The van der Waals surface area contributed by atoms with Gasteiger partial charge in [0.1, 0.15) is 5.82 Å². The van der Waals surface area contributed by atoms with Gasteiger partial charge in [-0.05, 0) is 6.92 Å². The summed E-state index contributed by atoms with van der Waals surface area (Å²) < 4.78 is 2.03. The molecule has 78 valence electrons. The summed E-state index contributed by atoms with van der Waals surface area (Å²) in [6.45, 7) is 4.79. The van der Waals surface area contributed by atoms with E-state index in [1.807, 2.05) is 23.9 Å². The third-order valence-electron chi connectivity index (χ3n) is 2.38. The second-order valence-corrected chi connectivity index (χ2v) is 3.83. The largest absolute Gasteiger partial charge is 0.369 e. The van der Waals surface area contributed by atoms with E-state index >= 15 is 0 Å². The van der Waals surface area contributed by atoms with Crippen molar-refractivity contribution >= 4 is 5.82 Å². The molecule has 2 rings (SSSR count). The predicted molar refractivity (Wildman–Crippen MR) is 56.3 cm³/mol. The molecule has 1 aliphatic heterocycles. The van der Waals surface area contributed by atoms with Crippen molar-refractivity contribution in [3.05, 3.63) is 12.3 Å². The summed E-state index contributed by atoms with van der Waals surface area (Å²) in [6.07, 6.45) is 1.82. The Hall–Kier alpha value is -1.07. The van der Waals surface area contributed by atoms with Crippen LogP contribution in [0.3, 0.4) is 0 Å². The SMILES string of the molecule is CC(N)CNc1ccnn1C1CNC1. The first-order valence-electron chi connectivity index (χ1n) is 5.01. The van der Waals surface area contributed by atoms with Crippen LogP contribution >= 0.6 is 0 Å². The minimum atomic E-state index is 0.165. The lowest BCUT2D eigenvalue weighted by Gasteiger charge is -2.29. The Morgan fingerprint density at radius 3 is 3.14 bits per heavy atom. The molecule has 5 nitrogen and oxygen atoms in total. The number of nitrogens with zero attached hydrogens (tertiary/aromatic N) is 2. The smallest absolute Gasteiger partial charge is 0.124 e. The standard InChI is InChI=1S/C9H17N5/c1-7(10)4-12-9-2-3-13-14(9)8-5-11-6-8/h2-3,7-8,11-12H,4-6,10H2,1H3. The van der Waals surface area contributed by atoms with Gasteiger partial charge >= 0.3 is 0 Å². The van der Waals surface area contributed by atoms with Crippen molar-refractivity contribution in [1.29, 1.82) is 0 Å². The van der Waals surface area contributed by atoms with E-state index in [2.05, 4.69) is 15.7 Å². The van der Waals surface area contributed by atoms with Gasteiger partial charge in [-0.2, -0.15) is 5.10 Å². The molecule has 0 bridgehead atoms. The zero-order valence-corrected chi connectivity index (χ0v) is 8.40. The van der Waals surface area contributed by atoms with E-state index in [0.717, 1.165) is 25.5 Å². The van der Waals surface area contributed by atoms with Gasteiger partial charge in [-0.15, -0.1) is 0 Å². The van der Waals surface area contributed by atoms with Gasteiger partial charge in [0.05, 0.1) is 12.2 Å². The maximum atomic E-state index is 5.68. The van der Waals surface area contributed by atoms with Crippen LogP contribution in [0.5, 0.6) is 0 Å². The lowest BCUT2D eigenvalue weighted by Crippen LogP contribution is -2.44. The van der Waals surface area contributed by atoms with E-state index in [9.17, 15) is 0 Å². The molecule has 0 aliphatic carbocycles. The molecule has 0 amide bonds. The molecule has 0 saturated carbocycles. The second kappa shape index (κ2) is 3.98. The molecule has 5 heteroatoms. The first kappa shape index (κ1) is 9.48. The van der Waals surface area contributed by atoms with E-state index in [1.165, 1.54) is 0 Å². The summed E-state index contributed by atoms with van der Waals surface area (Å²) in [5.74, 6) is 1.06. The zero-order chi connectivity index (χ0) is 9.97. The van der Waals surface area contributed by atoms with Crippen LogP contribution in [-0.2, 0) is 0 Å². The predicted octanol–water partition coefficient (Wildman–Crippen LogP) is -0.213. The Morgan fingerprint density at radius 1 is 1.79 bits per heavy atom. The summed E-state index contributed by atoms with van der Waals surface area (Å²) in [4.78, 5) is 0. The van der Waals surface area contributed by atoms with Crippen molar-refractivity contribution in [2.45, 2.75) is 19.0 Å². The summed E-state index contributed by atoms with van der Waals surface area (Å²) in [5.41, 5.74) is 5.68. The number of rotatable bonds is 4. The van der Waals surface area contributed by atoms with Gasteiger partial charge in [0.25, 0.3) is 0 Å². The molecular formula is C9H17N5. The molecule has 1 aromatic rings. The molecule has 0 aromatic carbocycles. The molecule has 1 aliphatic rings. The molecule has 1 atom stereocenters. The van der Waals surface area contributed by atoms with E-state index < -0.39 is 0 Å². The number of aromatic nitrogens is 2. The van der Waals surface area contributed by atoms with Crippen molar-refractivity contribution in [2.24, 2.45) is 5.73 Å². The van der Waals surface area contributed by atoms with Crippen LogP contribution in [0.1, 0.15) is 13.0 Å². The van der Waals surface area contributed by atoms with Gasteiger partial charge in [-0.1, -0.05) is 0 Å². The average molecular weight is 195 g/mol. The highest BCUT2D eigenvalue weighted by molar-refractivity contribution is 5.35. The molecule has 14 heavy (non-hydrogen) atoms. The highest BCUT2D eigenvalue weighted by Gasteiger charge is 2.21. The van der Waals surface area contributed by atoms with Crippen molar-refractivity contribution in [1.82, 2.24) is 15.1 Å². The average Bonchev–Trinajstić information content (AvgIpc) is 2.46. The molecule has 1 aromatic heterocycles. The molecule has 1 fully saturated rings. The zero-order valence-electron chi connectivity index (χ0n) is 8.40. The van der Waals surface area contributed by atoms with E-state index in [4.69, 9.17) is 5.73 Å². The number of hydrogen-bond acceptors (Lipinski definition) is 4. The Kier molecular flexibility index (Phi) is 2.69. The first-order chi connectivity index (χ1) is 6.77. The summed E-state index contributed by atoms with van der Waals surface area (Å²) >= 11 is 0. The van der Waals surface area contributed by atoms with Gasteiger partial charge in [-0.25, -0.2) is 4.68 Å². The van der Waals surface area contributed by atoms with Gasteiger partial charge in [0.15, 0.2) is 0 Å². The van der Waals surface area contributed by atoms with Crippen LogP contribution in [0.25, 0.3) is 0 Å². The number of nitrogens with two attached hydrogens (primary N) is 1. The lowest BCUT2D eigenvalue weighted by atomic mass is 10.2. The minimum Gasteiger partial charge on any atom is -0.369 e. The molecule has 2 heterocycles. The fraction of sp³-hybridized carbons (Fsp3) is 0.667. The fourth-order valence-electron chi connectivity index (χ4n) is 1.46. The second-order valence-electron chi connectivity index (χ2n) is 3.83. The van der Waals surface area contributed by atoms with Crippen molar-refractivity contribution < 1.29 is 0 Å². The van der Waals surface area contributed by atoms with E-state index in [1.54, 1.807) is 0 Å². The van der Waals surface area contributed by atoms with Gasteiger partial charge in [-0.3, -0.25) is 0 Å². The van der Waals surface area contributed by atoms with Gasteiger partial charge in [0.2, 0.25) is 0 Å². The van der Waals surface area contributed by atoms with Crippen LogP contribution in [0.2, 0.25) is 0 Å². The Labute approximate surface area is 83.7 Å². The van der Waals surface area contributed by atoms with Crippen molar-refractivity contribution in [3.8, 4) is 0 Å². The van der Waals surface area contributed by atoms with Gasteiger partial charge in [0, 0.05) is 31.7 Å². The van der Waals surface area contributed by atoms with Crippen molar-refractivity contribution in [3.63, 3.8) is 0 Å². The van der Waals surface area contributed by atoms with Crippen LogP contribution < -0.4 is 16.4 Å². The molecule has 1 unspecified atom stereocenters. The maximum Gasteiger partial charge on any atom is 0.124 e. The third kappa shape index (κ3) is 1.88. The van der Waals surface area contributed by atoms with Crippen LogP contribution in [-0.4, -0.2) is 35.5 Å². The topological polar surface area (TPSA) is 67.9 Å². The third-order valence-corrected chi connectivity index (χ3v) is 2.38. The van der Waals surface area contributed by atoms with Crippen LogP contribution in [0, 0.1) is 0 Å². The lowest BCUT2D eigenvalue weighted by molar-refractivity contribution is 0.321. The van der Waals surface area contributed by atoms with E-state index in [0.29, 0.717) is 6.04 Å². The Bertz CT molecular complexity index is 289. The summed E-state index contributed by atoms with van der Waals surface area (Å²) in [5, 5.41) is 10.8. The number of nitrogens with one attached hydrogen (secondary N) is 2. The Balaban J connectivity index is 1.98. The number of anilines is 1. The summed E-state index contributed by atoms with van der Waals surface area (Å²) in [7, 11) is 0. The first-order valence-corrected chi connectivity index (χ1v) is 5.01. The molecule has 4 N–H and O–H groups in total. The monoisotopic (exact) mass is 195 g/mol. The quantitative estimate of drug-likeness (QED) is 0.621. The summed E-state index contributed by atoms with van der Waals surface area (Å²) in [6, 6.07) is 2.65. The maximum absolute atomic E-state index is 5.68. The van der Waals surface area contributed by atoms with E-state index in [-0.39, 0.29) is 6.04 Å². The van der Waals surface area contributed by atoms with Crippen LogP contribution in [0.15, 0.2) is 12.3 Å². The normalized spacial score (nSPS) is 19.0. The molecule has 0 spiro atoms. The van der Waals surface area contributed by atoms with Crippen LogP contribution in [0.4, 0.5) is 5.82 Å². The van der Waals surface area contributed by atoms with Gasteiger partial charge < -0.3 is 16.4 Å². The Morgan fingerprint density at radius 2 is 2.57 bits per heavy atom. The number of hydrogen-bond donors (Lipinski definition) is 3. The fourth-order valence-corrected chi connectivity index (χ4v) is 1.46. The molecular weight excluding hydrogens is 178 g/mol. The minimum absolute atomic E-state index is 0.165. The highest BCUT2D eigenvalue weighted by Crippen LogP contribution is 2.16. The highest BCUT2D eigenvalue weighted by atomic mass is 15.4. The molecule has 1 saturated heterocycles. The van der Waals surface area contributed by atoms with Crippen molar-refractivity contribution in [2.75, 3.05) is 25.0 Å².